The molecule has 0 aliphatic carbocycles. The molecular formula is C13H8BrClF2IN. The molecule has 6 heteroatoms. The highest BCUT2D eigenvalue weighted by molar-refractivity contribution is 14.1. The molecule has 2 aromatic carbocycles. The average Bonchev–Trinajstić information content (AvgIpc) is 2.33. The topological polar surface area (TPSA) is 26.0 Å². The minimum atomic E-state index is -0.696. The number of halogens is 5. The van der Waals surface area contributed by atoms with Crippen molar-refractivity contribution in [2.45, 2.75) is 6.04 Å². The summed E-state index contributed by atoms with van der Waals surface area (Å²) in [5, 5.41) is 0.379. The highest BCUT2D eigenvalue weighted by Gasteiger charge is 2.18. The summed E-state index contributed by atoms with van der Waals surface area (Å²) in [6, 6.07) is 6.26. The van der Waals surface area contributed by atoms with E-state index in [2.05, 4.69) is 15.9 Å². The van der Waals surface area contributed by atoms with Crippen LogP contribution in [-0.4, -0.2) is 0 Å². The zero-order chi connectivity index (χ0) is 14.2. The molecule has 19 heavy (non-hydrogen) atoms. The Morgan fingerprint density at radius 3 is 2.47 bits per heavy atom. The van der Waals surface area contributed by atoms with Crippen LogP contribution in [0.3, 0.4) is 0 Å². The Morgan fingerprint density at radius 2 is 1.84 bits per heavy atom. The van der Waals surface area contributed by atoms with Crippen LogP contribution in [0.2, 0.25) is 5.02 Å². The largest absolute Gasteiger partial charge is 0.320 e. The lowest BCUT2D eigenvalue weighted by Gasteiger charge is -2.16. The lowest BCUT2D eigenvalue weighted by molar-refractivity contribution is 0.597. The summed E-state index contributed by atoms with van der Waals surface area (Å²) in [4.78, 5) is 0. The minimum Gasteiger partial charge on any atom is -0.320 e. The van der Waals surface area contributed by atoms with Crippen molar-refractivity contribution < 1.29 is 8.78 Å². The van der Waals surface area contributed by atoms with Crippen LogP contribution in [0.5, 0.6) is 0 Å². The first-order valence-corrected chi connectivity index (χ1v) is 7.50. The van der Waals surface area contributed by atoms with E-state index in [9.17, 15) is 8.78 Å². The number of hydrogen-bond donors (Lipinski definition) is 1. The molecule has 0 aliphatic heterocycles. The van der Waals surface area contributed by atoms with Gasteiger partial charge in [-0.2, -0.15) is 0 Å². The molecule has 0 saturated heterocycles. The van der Waals surface area contributed by atoms with Crippen LogP contribution in [0.1, 0.15) is 17.2 Å². The maximum atomic E-state index is 13.9. The van der Waals surface area contributed by atoms with Gasteiger partial charge < -0.3 is 5.73 Å². The van der Waals surface area contributed by atoms with Gasteiger partial charge in [-0.15, -0.1) is 0 Å². The number of rotatable bonds is 2. The number of benzene rings is 2. The molecule has 2 rings (SSSR count). The molecule has 0 aromatic heterocycles. The second-order valence-corrected chi connectivity index (χ2v) is 6.36. The SMILES string of the molecule is NC(c1cc(Cl)c(Br)cc1F)c1ccc(F)cc1I. The highest BCUT2D eigenvalue weighted by Crippen LogP contribution is 2.32. The first-order chi connectivity index (χ1) is 8.90. The molecule has 0 fully saturated rings. The van der Waals surface area contributed by atoms with Gasteiger partial charge in [-0.05, 0) is 68.3 Å². The van der Waals surface area contributed by atoms with Crippen LogP contribution in [0.15, 0.2) is 34.8 Å². The van der Waals surface area contributed by atoms with E-state index in [1.807, 2.05) is 22.6 Å². The van der Waals surface area contributed by atoms with Crippen molar-refractivity contribution in [3.8, 4) is 0 Å². The summed E-state index contributed by atoms with van der Waals surface area (Å²) < 4.78 is 28.1. The van der Waals surface area contributed by atoms with Gasteiger partial charge in [0, 0.05) is 13.6 Å². The fourth-order valence-corrected chi connectivity index (χ4v) is 3.00. The van der Waals surface area contributed by atoms with E-state index < -0.39 is 11.9 Å². The van der Waals surface area contributed by atoms with Crippen molar-refractivity contribution in [3.05, 3.63) is 66.2 Å². The molecule has 0 saturated carbocycles. The van der Waals surface area contributed by atoms with Gasteiger partial charge in [-0.1, -0.05) is 17.7 Å². The fraction of sp³-hybridized carbons (Fsp3) is 0.0769. The Labute approximate surface area is 136 Å². The molecule has 0 heterocycles. The molecule has 0 spiro atoms. The summed E-state index contributed by atoms with van der Waals surface area (Å²) in [6.45, 7) is 0. The van der Waals surface area contributed by atoms with Gasteiger partial charge in [-0.25, -0.2) is 8.78 Å². The smallest absolute Gasteiger partial charge is 0.129 e. The summed E-state index contributed by atoms with van der Waals surface area (Å²) >= 11 is 11.1. The van der Waals surface area contributed by atoms with Crippen molar-refractivity contribution in [1.82, 2.24) is 0 Å². The summed E-state index contributed by atoms with van der Waals surface area (Å²) in [7, 11) is 0. The third-order valence-corrected chi connectivity index (χ3v) is 4.80. The highest BCUT2D eigenvalue weighted by atomic mass is 127. The molecular weight excluding hydrogens is 450 g/mol. The molecule has 1 unspecified atom stereocenters. The van der Waals surface area contributed by atoms with E-state index in [1.54, 1.807) is 6.07 Å². The van der Waals surface area contributed by atoms with E-state index >= 15 is 0 Å². The number of hydrogen-bond acceptors (Lipinski definition) is 1. The van der Waals surface area contributed by atoms with Crippen molar-refractivity contribution in [2.75, 3.05) is 0 Å². The molecule has 1 atom stereocenters. The molecule has 1 nitrogen and oxygen atoms in total. The van der Waals surface area contributed by atoms with E-state index in [1.165, 1.54) is 24.3 Å². The lowest BCUT2D eigenvalue weighted by Crippen LogP contribution is -2.15. The van der Waals surface area contributed by atoms with Crippen molar-refractivity contribution in [1.29, 1.82) is 0 Å². The first kappa shape index (κ1) is 15.2. The van der Waals surface area contributed by atoms with Crippen LogP contribution in [0, 0.1) is 15.2 Å². The minimum absolute atomic E-state index is 0.276. The van der Waals surface area contributed by atoms with Gasteiger partial charge in [0.05, 0.1) is 11.1 Å². The van der Waals surface area contributed by atoms with E-state index in [4.69, 9.17) is 17.3 Å². The van der Waals surface area contributed by atoms with Crippen LogP contribution >= 0.6 is 50.1 Å². The predicted molar refractivity (Wildman–Crippen MR) is 84.3 cm³/mol. The molecule has 0 bridgehead atoms. The second-order valence-electron chi connectivity index (χ2n) is 3.93. The van der Waals surface area contributed by atoms with E-state index in [0.717, 1.165) is 0 Å². The van der Waals surface area contributed by atoms with Crippen LogP contribution < -0.4 is 5.73 Å². The van der Waals surface area contributed by atoms with Crippen LogP contribution in [0.25, 0.3) is 0 Å². The summed E-state index contributed by atoms with van der Waals surface area (Å²) in [6.07, 6.45) is 0. The van der Waals surface area contributed by atoms with Gasteiger partial charge in [0.15, 0.2) is 0 Å². The zero-order valence-electron chi connectivity index (χ0n) is 9.43. The average molecular weight is 458 g/mol. The molecule has 2 N–H and O–H groups in total. The molecule has 0 aliphatic rings. The van der Waals surface area contributed by atoms with Gasteiger partial charge in [-0.3, -0.25) is 0 Å². The normalized spacial score (nSPS) is 12.5. The Bertz CT molecular complexity index is 636. The van der Waals surface area contributed by atoms with Crippen molar-refractivity contribution >= 4 is 50.1 Å². The van der Waals surface area contributed by atoms with Crippen LogP contribution in [-0.2, 0) is 0 Å². The maximum absolute atomic E-state index is 13.9. The van der Waals surface area contributed by atoms with Crippen molar-refractivity contribution in [2.24, 2.45) is 5.73 Å². The third kappa shape index (κ3) is 3.26. The van der Waals surface area contributed by atoms with E-state index in [-0.39, 0.29) is 11.4 Å². The monoisotopic (exact) mass is 457 g/mol. The van der Waals surface area contributed by atoms with Gasteiger partial charge in [0.1, 0.15) is 11.6 Å². The Kier molecular flexibility index (Phi) is 4.81. The molecule has 0 amide bonds. The van der Waals surface area contributed by atoms with Gasteiger partial charge in [0.2, 0.25) is 0 Å². The lowest BCUT2D eigenvalue weighted by atomic mass is 9.99. The summed E-state index contributed by atoms with van der Waals surface area (Å²) in [5.74, 6) is -0.807. The predicted octanol–water partition coefficient (Wildman–Crippen LogP) is 5.03. The Balaban J connectivity index is 2.49. The standard InChI is InChI=1S/C13H8BrClF2IN/c14-9-5-11(17)8(4-10(9)15)13(19)7-2-1-6(16)3-12(7)18/h1-5,13H,19H2. The van der Waals surface area contributed by atoms with E-state index in [0.29, 0.717) is 18.6 Å². The maximum Gasteiger partial charge on any atom is 0.129 e. The summed E-state index contributed by atoms with van der Waals surface area (Å²) in [5.41, 5.74) is 6.97. The third-order valence-electron chi connectivity index (χ3n) is 2.67. The Hall–Kier alpha value is -0.240. The number of nitrogens with two attached hydrogens (primary N) is 1. The first-order valence-electron chi connectivity index (χ1n) is 5.25. The fourth-order valence-electron chi connectivity index (χ4n) is 1.70. The van der Waals surface area contributed by atoms with Crippen molar-refractivity contribution in [3.63, 3.8) is 0 Å². The molecule has 2 aromatic rings. The molecule has 100 valence electrons. The van der Waals surface area contributed by atoms with Crippen LogP contribution in [0.4, 0.5) is 8.78 Å². The molecule has 0 radical (unpaired) electrons. The van der Waals surface area contributed by atoms with Gasteiger partial charge in [0.25, 0.3) is 0 Å². The van der Waals surface area contributed by atoms with Gasteiger partial charge >= 0.3 is 0 Å². The zero-order valence-corrected chi connectivity index (χ0v) is 13.9. The second kappa shape index (κ2) is 6.03. The quantitative estimate of drug-likeness (QED) is 0.496. The Morgan fingerprint density at radius 1 is 1.16 bits per heavy atom.